The molecular weight excluding hydrogens is 1400 g/mol. The second-order valence-corrected chi connectivity index (χ2v) is 25.4. The van der Waals surface area contributed by atoms with Gasteiger partial charge in [0.2, 0.25) is 0 Å². The van der Waals surface area contributed by atoms with Gasteiger partial charge >= 0.3 is 11.2 Å². The molecule has 13 aromatic rings. The Labute approximate surface area is 590 Å². The monoisotopic (exact) mass is 1470 g/mol. The molecule has 0 amide bonds. The van der Waals surface area contributed by atoms with E-state index in [1.807, 2.05) is 72.8 Å². The number of aliphatic hydroxyl groups excluding tert-OH is 2. The minimum absolute atomic E-state index is 0. The summed E-state index contributed by atoms with van der Waals surface area (Å²) in [4.78, 5) is 39.8. The lowest BCUT2D eigenvalue weighted by Crippen LogP contribution is -2.09. The summed E-state index contributed by atoms with van der Waals surface area (Å²) in [7, 11) is 0. The molecule has 1 saturated heterocycles. The maximum atomic E-state index is 13.6. The van der Waals surface area contributed by atoms with Crippen molar-refractivity contribution in [1.29, 1.82) is 0 Å². The van der Waals surface area contributed by atoms with Crippen LogP contribution in [0, 0.1) is 56.7 Å². The third kappa shape index (κ3) is 22.9. The van der Waals surface area contributed by atoms with Crippen molar-refractivity contribution in [2.75, 3.05) is 13.2 Å². The number of aliphatic hydroxyl groups is 2. The third-order valence-corrected chi connectivity index (χ3v) is 18.9. The maximum Gasteiger partial charge on any atom is 0.333 e. The summed E-state index contributed by atoms with van der Waals surface area (Å²) in [5, 5.41) is 40.6. The molecule has 1 fully saturated rings. The molecule has 101 heavy (non-hydrogen) atoms. The van der Waals surface area contributed by atoms with Crippen LogP contribution in [0.5, 0.6) is 23.0 Å². The molecule has 0 spiro atoms. The molecule has 14 rings (SSSR count). The van der Waals surface area contributed by atoms with Crippen molar-refractivity contribution in [1.82, 2.24) is 24.9 Å². The first kappa shape index (κ1) is 78.5. The number of aromatic amines is 1. The first-order valence-electron chi connectivity index (χ1n) is 30.8. The van der Waals surface area contributed by atoms with Gasteiger partial charge in [-0.2, -0.15) is 0 Å². The SMILES string of the molecule is C.C1CCOC1.CCc1nc2cccc(CO)c2s1.CCc1nc2cccc(COc3ccc(F)cc3F)c2s1.CCc1nc2cccc(COc3ccc(F)cc3F)c2s1.O=c1[nH]cccc1[N+](=O)[O-].OCc1nc2cccc(COc3ccc(F)cc3F)c2s1.Oc1ccc(F)cc1F. The number of phenols is 1. The number of ether oxygens (including phenoxy) is 4. The van der Waals surface area contributed by atoms with Crippen molar-refractivity contribution in [2.45, 2.75) is 93.3 Å². The van der Waals surface area contributed by atoms with Crippen molar-refractivity contribution in [2.24, 2.45) is 0 Å². The lowest BCUT2D eigenvalue weighted by molar-refractivity contribution is -0.386. The first-order valence-corrected chi connectivity index (χ1v) is 34.0. The van der Waals surface area contributed by atoms with Crippen molar-refractivity contribution >= 4 is 91.9 Å². The molecule has 0 aliphatic carbocycles. The number of aryl methyl sites for hydroxylation is 3. The van der Waals surface area contributed by atoms with Crippen LogP contribution in [-0.4, -0.2) is 58.4 Å². The molecule has 0 unspecified atom stereocenters. The first-order chi connectivity index (χ1) is 48.3. The standard InChI is InChI=1S/2C16H13F2NOS.C15H11F2NO2S.C10H11NOS.C6H4F2O.C5H4N2O3.C4H8O.CH4/c2*1-2-15-19-13-5-3-4-10(16(13)21-15)9-20-14-7-6-11(17)8-12(14)18;16-10-4-5-13(11(17)6-10)20-8-9-2-1-3-12-15(9)21-14(7-19)18-12;1-2-9-11-8-5-3-4-7(6-12)10(8)13-9;7-4-1-2-6(9)5(8)3-4;8-5-4(7(9)10)2-1-3-6-5;1-2-4-5-3-1;/h2*3-8H,2,9H2,1H3;1-6,19H,7-8H2;3-5,12H,2,6H2,1H3;1-3,9H;1-3H,(H,6,8);1-4H2;1H4. The fourth-order valence-corrected chi connectivity index (χ4v) is 12.9. The highest BCUT2D eigenvalue weighted by atomic mass is 32.1. The van der Waals surface area contributed by atoms with Crippen LogP contribution >= 0.6 is 45.3 Å². The van der Waals surface area contributed by atoms with Crippen molar-refractivity contribution in [3.8, 4) is 23.0 Å². The fraction of sp³-hybridized carbons (Fsp3) is 0.219. The molecule has 4 N–H and O–H groups in total. The molecule has 0 saturated carbocycles. The number of fused-ring (bicyclic) bond motifs is 4. The molecule has 5 aromatic heterocycles. The minimum atomic E-state index is -0.935. The van der Waals surface area contributed by atoms with Crippen LogP contribution < -0.4 is 19.8 Å². The smallest absolute Gasteiger partial charge is 0.333 e. The molecule has 0 radical (unpaired) electrons. The van der Waals surface area contributed by atoms with Gasteiger partial charge in [-0.15, -0.1) is 45.3 Å². The van der Waals surface area contributed by atoms with E-state index in [0.29, 0.717) is 11.1 Å². The van der Waals surface area contributed by atoms with Crippen LogP contribution in [0.3, 0.4) is 0 Å². The molecule has 16 nitrogen and oxygen atoms in total. The van der Waals surface area contributed by atoms with Gasteiger partial charge in [0.15, 0.2) is 46.3 Å². The Morgan fingerprint density at radius 3 is 1.12 bits per heavy atom. The van der Waals surface area contributed by atoms with Crippen LogP contribution in [0.1, 0.15) is 83.3 Å². The fourth-order valence-electron chi connectivity index (χ4n) is 8.99. The average Bonchev–Trinajstić information content (AvgIpc) is 1.70. The highest BCUT2D eigenvalue weighted by Gasteiger charge is 2.15. The molecule has 28 heteroatoms. The van der Waals surface area contributed by atoms with Crippen molar-refractivity contribution < 1.29 is 74.3 Å². The topological polar surface area (TPSA) is 225 Å². The van der Waals surface area contributed by atoms with E-state index in [1.165, 1.54) is 66.8 Å². The van der Waals surface area contributed by atoms with E-state index in [2.05, 4.69) is 45.7 Å². The Morgan fingerprint density at radius 2 is 0.822 bits per heavy atom. The van der Waals surface area contributed by atoms with E-state index in [1.54, 1.807) is 34.0 Å². The van der Waals surface area contributed by atoms with E-state index >= 15 is 0 Å². The molecule has 0 atom stereocenters. The highest BCUT2D eigenvalue weighted by molar-refractivity contribution is 7.19. The number of nitro groups is 1. The van der Waals surface area contributed by atoms with Crippen LogP contribution in [0.2, 0.25) is 0 Å². The van der Waals surface area contributed by atoms with Gasteiger partial charge in [0.1, 0.15) is 48.1 Å². The number of nitrogens with zero attached hydrogens (tertiary/aromatic N) is 5. The van der Waals surface area contributed by atoms with E-state index in [4.69, 9.17) is 34.3 Å². The Bertz CT molecular complexity index is 4570. The number of hydrogen-bond acceptors (Lipinski definition) is 18. The number of hydrogen-bond donors (Lipinski definition) is 4. The summed E-state index contributed by atoms with van der Waals surface area (Å²) in [6.45, 7) is 8.79. The van der Waals surface area contributed by atoms with Crippen molar-refractivity contribution in [3.63, 3.8) is 0 Å². The molecule has 530 valence electrons. The number of rotatable bonds is 15. The zero-order valence-electron chi connectivity index (χ0n) is 53.7. The quantitative estimate of drug-likeness (QED) is 0.0426. The van der Waals surface area contributed by atoms with Crippen LogP contribution in [-0.2, 0) is 57.0 Å². The second-order valence-electron chi connectivity index (χ2n) is 21.0. The van der Waals surface area contributed by atoms with Crippen LogP contribution in [0.15, 0.2) is 169 Å². The predicted molar refractivity (Wildman–Crippen MR) is 379 cm³/mol. The van der Waals surface area contributed by atoms with Crippen LogP contribution in [0.25, 0.3) is 40.9 Å². The summed E-state index contributed by atoms with van der Waals surface area (Å²) in [6, 6.07) is 37.9. The Kier molecular flexibility index (Phi) is 30.5. The highest BCUT2D eigenvalue weighted by Crippen LogP contribution is 2.32. The predicted octanol–water partition coefficient (Wildman–Crippen LogP) is 18.8. The van der Waals surface area contributed by atoms with E-state index < -0.39 is 68.5 Å². The van der Waals surface area contributed by atoms with E-state index in [0.717, 1.165) is 153 Å². The van der Waals surface area contributed by atoms with Gasteiger partial charge in [-0.25, -0.2) is 55.1 Å². The number of aromatic hydroxyl groups is 1. The zero-order valence-corrected chi connectivity index (χ0v) is 56.9. The van der Waals surface area contributed by atoms with Gasteiger partial charge in [-0.1, -0.05) is 76.7 Å². The number of H-pyrrole nitrogens is 1. The number of halogens is 8. The maximum absolute atomic E-state index is 13.6. The Hall–Kier alpha value is -9.81. The van der Waals surface area contributed by atoms with Crippen molar-refractivity contribution in [3.05, 3.63) is 273 Å². The van der Waals surface area contributed by atoms with Gasteiger partial charge in [-0.3, -0.25) is 14.9 Å². The summed E-state index contributed by atoms with van der Waals surface area (Å²) in [5.74, 6) is -6.05. The Morgan fingerprint density at radius 1 is 0.475 bits per heavy atom. The third-order valence-electron chi connectivity index (χ3n) is 13.9. The largest absolute Gasteiger partial charge is 0.505 e. The molecule has 6 heterocycles. The number of nitrogens with one attached hydrogen (secondary N) is 1. The number of aromatic nitrogens is 5. The minimum Gasteiger partial charge on any atom is -0.505 e. The van der Waals surface area contributed by atoms with Gasteiger partial charge in [0.05, 0.1) is 74.0 Å². The summed E-state index contributed by atoms with van der Waals surface area (Å²) in [5.41, 5.74) is 6.26. The van der Waals surface area contributed by atoms with Gasteiger partial charge < -0.3 is 39.3 Å². The number of phenolic OH excluding ortho intramolecular Hbond substituents is 1. The van der Waals surface area contributed by atoms with Gasteiger partial charge in [0.25, 0.3) is 0 Å². The van der Waals surface area contributed by atoms with Crippen LogP contribution in [0.4, 0.5) is 40.8 Å². The molecule has 0 bridgehead atoms. The summed E-state index contributed by atoms with van der Waals surface area (Å²) < 4.78 is 129. The molecule has 1 aliphatic heterocycles. The Balaban J connectivity index is 0.000000171. The molecule has 1 aliphatic rings. The van der Waals surface area contributed by atoms with E-state index in [9.17, 15) is 50.0 Å². The van der Waals surface area contributed by atoms with Gasteiger partial charge in [0, 0.05) is 66.4 Å². The number of thiazole rings is 4. The average molecular weight is 1470 g/mol. The summed E-state index contributed by atoms with van der Waals surface area (Å²) >= 11 is 6.29. The molecule has 8 aromatic carbocycles. The normalized spacial score (nSPS) is 11.2. The summed E-state index contributed by atoms with van der Waals surface area (Å²) in [6.07, 6.45) is 6.62. The number of pyridine rings is 1. The second kappa shape index (κ2) is 39.3. The van der Waals surface area contributed by atoms with E-state index in [-0.39, 0.29) is 57.7 Å². The lowest BCUT2D eigenvalue weighted by Gasteiger charge is -2.07. The molecular formula is C73H68F8N6O10S4. The zero-order chi connectivity index (χ0) is 71.7. The lowest BCUT2D eigenvalue weighted by atomic mass is 10.2. The van der Waals surface area contributed by atoms with Gasteiger partial charge in [-0.05, 0) is 117 Å². The number of benzene rings is 8.